The van der Waals surface area contributed by atoms with E-state index < -0.39 is 0 Å². The van der Waals surface area contributed by atoms with Crippen LogP contribution in [0.15, 0.2) is 30.3 Å². The predicted octanol–water partition coefficient (Wildman–Crippen LogP) is 1.31. The fourth-order valence-electron chi connectivity index (χ4n) is 1.92. The number of amides is 2. The summed E-state index contributed by atoms with van der Waals surface area (Å²) in [6.45, 7) is 0.346. The largest absolute Gasteiger partial charge is 0.395 e. The van der Waals surface area contributed by atoms with Gasteiger partial charge in [0.25, 0.3) is 0 Å². The Hall–Kier alpha value is -1.55. The van der Waals surface area contributed by atoms with E-state index in [0.29, 0.717) is 6.54 Å². The van der Waals surface area contributed by atoms with E-state index in [1.165, 1.54) is 4.90 Å². The summed E-state index contributed by atoms with van der Waals surface area (Å²) in [5, 5.41) is 11.8. The fraction of sp³-hybridized carbons (Fsp3) is 0.462. The Morgan fingerprint density at radius 2 is 2.06 bits per heavy atom. The first-order valence-electron chi connectivity index (χ1n) is 5.88. The minimum absolute atomic E-state index is 0.0116. The molecule has 0 heterocycles. The molecule has 0 atom stereocenters. The Morgan fingerprint density at radius 3 is 2.59 bits per heavy atom. The molecule has 0 aliphatic heterocycles. The fourth-order valence-corrected chi connectivity index (χ4v) is 1.92. The number of urea groups is 1. The number of benzene rings is 1. The van der Waals surface area contributed by atoms with Crippen LogP contribution >= 0.6 is 0 Å². The molecule has 1 aliphatic carbocycles. The first-order valence-corrected chi connectivity index (χ1v) is 5.88. The van der Waals surface area contributed by atoms with E-state index in [4.69, 9.17) is 5.11 Å². The van der Waals surface area contributed by atoms with Gasteiger partial charge in [0.2, 0.25) is 0 Å². The average molecular weight is 234 g/mol. The zero-order valence-corrected chi connectivity index (χ0v) is 10.0. The molecular weight excluding hydrogens is 216 g/mol. The van der Waals surface area contributed by atoms with Gasteiger partial charge < -0.3 is 15.3 Å². The SMILES string of the molecule is CN(CCO)C(=O)NC1(c2ccccc2)CC1. The number of carbonyl (C=O) groups excluding carboxylic acids is 1. The highest BCUT2D eigenvalue weighted by Gasteiger charge is 2.45. The van der Waals surface area contributed by atoms with Crippen molar-refractivity contribution < 1.29 is 9.90 Å². The standard InChI is InChI=1S/C13H18N2O2/c1-15(9-10-16)12(17)14-13(7-8-13)11-5-3-2-4-6-11/h2-6,16H,7-10H2,1H3,(H,14,17). The number of likely N-dealkylation sites (N-methyl/N-ethyl adjacent to an activating group) is 1. The highest BCUT2D eigenvalue weighted by atomic mass is 16.3. The van der Waals surface area contributed by atoms with Crippen LogP contribution in [-0.2, 0) is 5.54 Å². The van der Waals surface area contributed by atoms with Crippen LogP contribution < -0.4 is 5.32 Å². The second kappa shape index (κ2) is 4.75. The van der Waals surface area contributed by atoms with Crippen molar-refractivity contribution in [3.63, 3.8) is 0 Å². The number of aliphatic hydroxyl groups excluding tert-OH is 1. The van der Waals surface area contributed by atoms with E-state index in [2.05, 4.69) is 5.32 Å². The molecule has 4 heteroatoms. The molecule has 17 heavy (non-hydrogen) atoms. The molecule has 2 N–H and O–H groups in total. The lowest BCUT2D eigenvalue weighted by molar-refractivity contribution is 0.186. The molecule has 92 valence electrons. The van der Waals surface area contributed by atoms with Crippen molar-refractivity contribution in [3.8, 4) is 0 Å². The second-order valence-electron chi connectivity index (χ2n) is 4.52. The monoisotopic (exact) mass is 234 g/mol. The van der Waals surface area contributed by atoms with Gasteiger partial charge in [0.05, 0.1) is 12.1 Å². The molecule has 0 saturated heterocycles. The molecule has 0 spiro atoms. The third kappa shape index (κ3) is 2.58. The zero-order chi connectivity index (χ0) is 12.3. The number of nitrogens with one attached hydrogen (secondary N) is 1. The van der Waals surface area contributed by atoms with Crippen molar-refractivity contribution >= 4 is 6.03 Å². The number of hydrogen-bond donors (Lipinski definition) is 2. The zero-order valence-electron chi connectivity index (χ0n) is 10.0. The van der Waals surface area contributed by atoms with Gasteiger partial charge in [-0.2, -0.15) is 0 Å². The number of nitrogens with zero attached hydrogens (tertiary/aromatic N) is 1. The summed E-state index contributed by atoms with van der Waals surface area (Å²) >= 11 is 0. The Morgan fingerprint density at radius 1 is 1.41 bits per heavy atom. The van der Waals surface area contributed by atoms with Crippen LogP contribution in [0.1, 0.15) is 18.4 Å². The summed E-state index contributed by atoms with van der Waals surface area (Å²) in [5.74, 6) is 0. The third-order valence-electron chi connectivity index (χ3n) is 3.20. The van der Waals surface area contributed by atoms with Crippen molar-refractivity contribution in [1.82, 2.24) is 10.2 Å². The van der Waals surface area contributed by atoms with Gasteiger partial charge in [-0.3, -0.25) is 0 Å². The summed E-state index contributed by atoms with van der Waals surface area (Å²) in [7, 11) is 1.69. The maximum atomic E-state index is 11.9. The molecule has 1 aromatic rings. The van der Waals surface area contributed by atoms with Crippen LogP contribution in [0.2, 0.25) is 0 Å². The van der Waals surface area contributed by atoms with E-state index in [0.717, 1.165) is 18.4 Å². The lowest BCUT2D eigenvalue weighted by atomic mass is 10.1. The molecule has 0 bridgehead atoms. The number of aliphatic hydroxyl groups is 1. The van der Waals surface area contributed by atoms with Gasteiger partial charge >= 0.3 is 6.03 Å². The van der Waals surface area contributed by atoms with Crippen LogP contribution in [0.5, 0.6) is 0 Å². The highest BCUT2D eigenvalue weighted by molar-refractivity contribution is 5.75. The lowest BCUT2D eigenvalue weighted by Gasteiger charge is -2.23. The number of carbonyl (C=O) groups is 1. The minimum Gasteiger partial charge on any atom is -0.395 e. The van der Waals surface area contributed by atoms with Gasteiger partial charge in [-0.1, -0.05) is 30.3 Å². The molecule has 0 aromatic heterocycles. The minimum atomic E-state index is -0.179. The van der Waals surface area contributed by atoms with E-state index in [9.17, 15) is 4.79 Å². The lowest BCUT2D eigenvalue weighted by Crippen LogP contribution is -2.44. The quantitative estimate of drug-likeness (QED) is 0.825. The molecule has 1 fully saturated rings. The van der Waals surface area contributed by atoms with E-state index in [1.54, 1.807) is 7.05 Å². The van der Waals surface area contributed by atoms with Gasteiger partial charge in [-0.25, -0.2) is 4.79 Å². The third-order valence-corrected chi connectivity index (χ3v) is 3.20. The van der Waals surface area contributed by atoms with Crippen molar-refractivity contribution in [3.05, 3.63) is 35.9 Å². The van der Waals surface area contributed by atoms with Crippen molar-refractivity contribution in [2.24, 2.45) is 0 Å². The molecule has 1 saturated carbocycles. The molecule has 0 radical (unpaired) electrons. The first-order chi connectivity index (χ1) is 8.18. The molecular formula is C13H18N2O2. The Labute approximate surface area is 101 Å². The Kier molecular flexibility index (Phi) is 3.33. The van der Waals surface area contributed by atoms with E-state index in [1.807, 2.05) is 30.3 Å². The van der Waals surface area contributed by atoms with Crippen molar-refractivity contribution in [2.45, 2.75) is 18.4 Å². The summed E-state index contributed by atoms with van der Waals surface area (Å²) in [5.41, 5.74) is 0.980. The number of hydrogen-bond acceptors (Lipinski definition) is 2. The van der Waals surface area contributed by atoms with Crippen LogP contribution in [0.3, 0.4) is 0 Å². The van der Waals surface area contributed by atoms with Crippen molar-refractivity contribution in [2.75, 3.05) is 20.2 Å². The Bertz CT molecular complexity index is 388. The second-order valence-corrected chi connectivity index (χ2v) is 4.52. The maximum absolute atomic E-state index is 11.9. The average Bonchev–Trinajstić information content (AvgIpc) is 3.11. The van der Waals surface area contributed by atoms with Crippen LogP contribution in [-0.4, -0.2) is 36.2 Å². The molecule has 2 rings (SSSR count). The van der Waals surface area contributed by atoms with Crippen molar-refractivity contribution in [1.29, 1.82) is 0 Å². The molecule has 0 unspecified atom stereocenters. The predicted molar refractivity (Wildman–Crippen MR) is 65.6 cm³/mol. The maximum Gasteiger partial charge on any atom is 0.317 e. The first kappa shape index (κ1) is 11.9. The normalized spacial score (nSPS) is 16.4. The van der Waals surface area contributed by atoms with Gasteiger partial charge in [0.1, 0.15) is 0 Å². The van der Waals surface area contributed by atoms with Gasteiger partial charge in [-0.05, 0) is 18.4 Å². The van der Waals surface area contributed by atoms with Gasteiger partial charge in [0.15, 0.2) is 0 Å². The van der Waals surface area contributed by atoms with E-state index >= 15 is 0 Å². The Balaban J connectivity index is 2.02. The summed E-state index contributed by atoms with van der Waals surface area (Å²) < 4.78 is 0. The van der Waals surface area contributed by atoms with Crippen LogP contribution in [0.4, 0.5) is 4.79 Å². The van der Waals surface area contributed by atoms with Crippen LogP contribution in [0.25, 0.3) is 0 Å². The molecule has 1 aromatic carbocycles. The molecule has 1 aliphatic rings. The summed E-state index contributed by atoms with van der Waals surface area (Å²) in [6, 6.07) is 9.90. The van der Waals surface area contributed by atoms with Crippen LogP contribution in [0, 0.1) is 0 Å². The highest BCUT2D eigenvalue weighted by Crippen LogP contribution is 2.45. The molecule has 2 amide bonds. The molecule has 4 nitrogen and oxygen atoms in total. The van der Waals surface area contributed by atoms with E-state index in [-0.39, 0.29) is 18.2 Å². The van der Waals surface area contributed by atoms with Gasteiger partial charge in [-0.15, -0.1) is 0 Å². The topological polar surface area (TPSA) is 52.6 Å². The summed E-state index contributed by atoms with van der Waals surface area (Å²) in [6.07, 6.45) is 1.96. The summed E-state index contributed by atoms with van der Waals surface area (Å²) in [4.78, 5) is 13.4. The smallest absolute Gasteiger partial charge is 0.317 e. The number of rotatable bonds is 4. The van der Waals surface area contributed by atoms with Gasteiger partial charge in [0, 0.05) is 13.6 Å².